The first kappa shape index (κ1) is 15.0. The fraction of sp³-hybridized carbons (Fsp3) is 0.368. The maximum atomic E-state index is 12.3. The second kappa shape index (κ2) is 5.08. The van der Waals surface area contributed by atoms with Gasteiger partial charge < -0.3 is 10.1 Å². The van der Waals surface area contributed by atoms with Crippen molar-refractivity contribution in [2.45, 2.75) is 44.8 Å². The number of fused-ring (bicyclic) bond motifs is 4. The van der Waals surface area contributed by atoms with Gasteiger partial charge in [0.05, 0.1) is 17.9 Å². The molecule has 128 valence electrons. The molecular weight excluding hydrogens is 334 g/mol. The zero-order chi connectivity index (χ0) is 17.2. The lowest BCUT2D eigenvalue weighted by Gasteiger charge is -2.16. The Morgan fingerprint density at radius 1 is 1.40 bits per heavy atom. The van der Waals surface area contributed by atoms with Crippen LogP contribution in [0, 0.1) is 0 Å². The molecule has 1 N–H and O–H groups in total. The van der Waals surface area contributed by atoms with Gasteiger partial charge in [-0.05, 0) is 31.0 Å². The summed E-state index contributed by atoms with van der Waals surface area (Å²) >= 11 is 1.62. The molecule has 2 aliphatic heterocycles. The SMILES string of the molecule is CC1(C)Cc2cc([C@@H]3CC(=O)NCc4nc5sccn5c43)ccc2O1. The molecule has 0 aliphatic carbocycles. The largest absolute Gasteiger partial charge is 0.487 e. The highest BCUT2D eigenvalue weighted by molar-refractivity contribution is 7.15. The number of hydrogen-bond acceptors (Lipinski definition) is 4. The summed E-state index contributed by atoms with van der Waals surface area (Å²) in [4.78, 5) is 18.0. The minimum absolute atomic E-state index is 0.0103. The first-order valence-corrected chi connectivity index (χ1v) is 9.41. The van der Waals surface area contributed by atoms with Crippen molar-refractivity contribution in [2.75, 3.05) is 0 Å². The number of rotatable bonds is 1. The third-order valence-electron chi connectivity index (χ3n) is 5.04. The Bertz CT molecular complexity index is 1000. The van der Waals surface area contributed by atoms with Crippen LogP contribution < -0.4 is 10.1 Å². The van der Waals surface area contributed by atoms with Gasteiger partial charge in [-0.15, -0.1) is 11.3 Å². The molecule has 4 heterocycles. The Kier molecular flexibility index (Phi) is 3.04. The number of ether oxygens (including phenoxy) is 1. The van der Waals surface area contributed by atoms with Crippen LogP contribution in [0.3, 0.4) is 0 Å². The monoisotopic (exact) mass is 353 g/mol. The summed E-state index contributed by atoms with van der Waals surface area (Å²) in [6.45, 7) is 4.71. The Hall–Kier alpha value is -2.34. The van der Waals surface area contributed by atoms with E-state index in [-0.39, 0.29) is 17.4 Å². The molecular formula is C19H19N3O2S. The first-order chi connectivity index (χ1) is 12.0. The van der Waals surface area contributed by atoms with E-state index in [0.717, 1.165) is 34.1 Å². The van der Waals surface area contributed by atoms with Gasteiger partial charge in [-0.1, -0.05) is 12.1 Å². The number of aromatic nitrogens is 2. The van der Waals surface area contributed by atoms with Crippen LogP contribution in [0.15, 0.2) is 29.8 Å². The predicted octanol–water partition coefficient (Wildman–Crippen LogP) is 3.26. The Labute approximate surface area is 149 Å². The molecule has 0 radical (unpaired) electrons. The average molecular weight is 353 g/mol. The topological polar surface area (TPSA) is 55.6 Å². The standard InChI is InChI=1S/C19H19N3O2S/c1-19(2)9-12-7-11(3-4-15(12)24-19)13-8-16(23)20-10-14-17(13)22-5-6-25-18(22)21-14/h3-7,13H,8-10H2,1-2H3,(H,20,23)/t13-/m0/s1. The Morgan fingerprint density at radius 3 is 3.16 bits per heavy atom. The van der Waals surface area contributed by atoms with Crippen LogP contribution in [0.25, 0.3) is 4.96 Å². The van der Waals surface area contributed by atoms with Gasteiger partial charge in [-0.25, -0.2) is 4.98 Å². The van der Waals surface area contributed by atoms with Crippen molar-refractivity contribution in [1.29, 1.82) is 0 Å². The van der Waals surface area contributed by atoms with Gasteiger partial charge in [0.25, 0.3) is 0 Å². The fourth-order valence-corrected chi connectivity index (χ4v) is 4.75. The molecule has 1 atom stereocenters. The highest BCUT2D eigenvalue weighted by atomic mass is 32.1. The number of benzene rings is 1. The molecule has 1 amide bonds. The third kappa shape index (κ3) is 2.35. The van der Waals surface area contributed by atoms with Gasteiger partial charge in [-0.3, -0.25) is 9.20 Å². The summed E-state index contributed by atoms with van der Waals surface area (Å²) < 4.78 is 8.14. The van der Waals surface area contributed by atoms with E-state index in [1.807, 2.05) is 17.6 Å². The second-order valence-electron chi connectivity index (χ2n) is 7.44. The molecule has 25 heavy (non-hydrogen) atoms. The Balaban J connectivity index is 1.65. The van der Waals surface area contributed by atoms with Crippen LogP contribution in [0.5, 0.6) is 5.75 Å². The van der Waals surface area contributed by atoms with E-state index in [1.54, 1.807) is 11.3 Å². The molecule has 5 rings (SSSR count). The van der Waals surface area contributed by atoms with Crippen LogP contribution in [-0.4, -0.2) is 20.9 Å². The highest BCUT2D eigenvalue weighted by Gasteiger charge is 2.33. The molecule has 0 spiro atoms. The van der Waals surface area contributed by atoms with Gasteiger partial charge >= 0.3 is 0 Å². The summed E-state index contributed by atoms with van der Waals surface area (Å²) in [6.07, 6.45) is 3.39. The van der Waals surface area contributed by atoms with E-state index in [1.165, 1.54) is 5.56 Å². The number of imidazole rings is 1. The number of nitrogens with one attached hydrogen (secondary N) is 1. The third-order valence-corrected chi connectivity index (χ3v) is 5.79. The minimum atomic E-state index is -0.163. The molecule has 6 heteroatoms. The molecule has 0 fully saturated rings. The van der Waals surface area contributed by atoms with Crippen molar-refractivity contribution < 1.29 is 9.53 Å². The molecule has 1 aromatic carbocycles. The molecule has 3 aromatic rings. The van der Waals surface area contributed by atoms with Crippen LogP contribution in [0.4, 0.5) is 0 Å². The number of carbonyl (C=O) groups excluding carboxylic acids is 1. The van der Waals surface area contributed by atoms with Gasteiger partial charge in [0.15, 0.2) is 4.96 Å². The molecule has 0 bridgehead atoms. The second-order valence-corrected chi connectivity index (χ2v) is 8.31. The predicted molar refractivity (Wildman–Crippen MR) is 96.2 cm³/mol. The van der Waals surface area contributed by atoms with Crippen molar-refractivity contribution in [3.8, 4) is 5.75 Å². The smallest absolute Gasteiger partial charge is 0.221 e. The molecule has 2 aliphatic rings. The quantitative estimate of drug-likeness (QED) is 0.731. The molecule has 0 saturated heterocycles. The maximum absolute atomic E-state index is 12.3. The van der Waals surface area contributed by atoms with Crippen molar-refractivity contribution in [1.82, 2.24) is 14.7 Å². The van der Waals surface area contributed by atoms with E-state index in [4.69, 9.17) is 9.72 Å². The zero-order valence-corrected chi connectivity index (χ0v) is 15.0. The summed E-state index contributed by atoms with van der Waals surface area (Å²) in [5.41, 5.74) is 4.32. The van der Waals surface area contributed by atoms with Crippen LogP contribution in [0.2, 0.25) is 0 Å². The van der Waals surface area contributed by atoms with Gasteiger partial charge in [0.1, 0.15) is 11.4 Å². The number of hydrogen-bond donors (Lipinski definition) is 1. The van der Waals surface area contributed by atoms with Gasteiger partial charge in [0, 0.05) is 30.3 Å². The van der Waals surface area contributed by atoms with Gasteiger partial charge in [0.2, 0.25) is 5.91 Å². The van der Waals surface area contributed by atoms with E-state index in [9.17, 15) is 4.79 Å². The number of amides is 1. The first-order valence-electron chi connectivity index (χ1n) is 8.53. The summed E-state index contributed by atoms with van der Waals surface area (Å²) in [5, 5.41) is 5.02. The van der Waals surface area contributed by atoms with E-state index < -0.39 is 0 Å². The lowest BCUT2D eigenvalue weighted by Crippen LogP contribution is -2.24. The highest BCUT2D eigenvalue weighted by Crippen LogP contribution is 2.40. The number of thiazole rings is 1. The number of carbonyl (C=O) groups is 1. The van der Waals surface area contributed by atoms with Crippen LogP contribution in [-0.2, 0) is 17.8 Å². The average Bonchev–Trinajstić information content (AvgIpc) is 3.17. The van der Waals surface area contributed by atoms with Crippen LogP contribution in [0.1, 0.15) is 48.7 Å². The maximum Gasteiger partial charge on any atom is 0.221 e. The molecule has 5 nitrogen and oxygen atoms in total. The van der Waals surface area contributed by atoms with Crippen molar-refractivity contribution in [3.05, 3.63) is 52.3 Å². The zero-order valence-electron chi connectivity index (χ0n) is 14.2. The minimum Gasteiger partial charge on any atom is -0.487 e. The normalized spacial score (nSPS) is 21.4. The van der Waals surface area contributed by atoms with Crippen LogP contribution >= 0.6 is 11.3 Å². The summed E-state index contributed by atoms with van der Waals surface area (Å²) in [6, 6.07) is 6.36. The van der Waals surface area contributed by atoms with E-state index >= 15 is 0 Å². The molecule has 2 aromatic heterocycles. The lowest BCUT2D eigenvalue weighted by atomic mass is 9.89. The van der Waals surface area contributed by atoms with Crippen molar-refractivity contribution in [3.63, 3.8) is 0 Å². The summed E-state index contributed by atoms with van der Waals surface area (Å²) in [7, 11) is 0. The number of nitrogens with zero attached hydrogens (tertiary/aromatic N) is 2. The Morgan fingerprint density at radius 2 is 2.28 bits per heavy atom. The fourth-order valence-electron chi connectivity index (χ4n) is 4.01. The lowest BCUT2D eigenvalue weighted by molar-refractivity contribution is -0.121. The molecule has 0 unspecified atom stereocenters. The summed E-state index contributed by atoms with van der Waals surface area (Å²) in [5.74, 6) is 1.04. The van der Waals surface area contributed by atoms with Crippen molar-refractivity contribution >= 4 is 22.2 Å². The van der Waals surface area contributed by atoms with E-state index in [0.29, 0.717) is 13.0 Å². The van der Waals surface area contributed by atoms with Crippen molar-refractivity contribution in [2.24, 2.45) is 0 Å². The van der Waals surface area contributed by atoms with Gasteiger partial charge in [-0.2, -0.15) is 0 Å². The van der Waals surface area contributed by atoms with E-state index in [2.05, 4.69) is 35.7 Å². The molecule has 0 saturated carbocycles.